The number of nitrogens with zero attached hydrogens (tertiary/aromatic N) is 2. The average Bonchev–Trinajstić information content (AvgIpc) is 3.28. The maximum Gasteiger partial charge on any atom is 0.433 e. The third-order valence-electron chi connectivity index (χ3n) is 3.85. The molecule has 0 spiro atoms. The van der Waals surface area contributed by atoms with E-state index >= 15 is 0 Å². The van der Waals surface area contributed by atoms with Crippen molar-refractivity contribution in [2.24, 2.45) is 0 Å². The zero-order valence-corrected chi connectivity index (χ0v) is 15.1. The minimum absolute atomic E-state index is 0.286. The number of hydrogen-bond acceptors (Lipinski definition) is 8. The lowest BCUT2D eigenvalue weighted by molar-refractivity contribution is -0.402. The minimum atomic E-state index is -3.42. The highest BCUT2D eigenvalue weighted by Crippen LogP contribution is 2.23. The van der Waals surface area contributed by atoms with Crippen LogP contribution in [0.5, 0.6) is 0 Å². The maximum absolute atomic E-state index is 12.7. The van der Waals surface area contributed by atoms with Crippen LogP contribution in [0.3, 0.4) is 0 Å². The molecule has 28 heavy (non-hydrogen) atoms. The Hall–Kier alpha value is -3.47. The van der Waals surface area contributed by atoms with Crippen LogP contribution >= 0.6 is 0 Å². The van der Waals surface area contributed by atoms with Crippen LogP contribution < -0.4 is 4.90 Å². The summed E-state index contributed by atoms with van der Waals surface area (Å²) >= 11 is 0. The van der Waals surface area contributed by atoms with Gasteiger partial charge in [-0.3, -0.25) is 14.9 Å². The monoisotopic (exact) mass is 406 g/mol. The van der Waals surface area contributed by atoms with Gasteiger partial charge in [0.2, 0.25) is 5.76 Å². The van der Waals surface area contributed by atoms with E-state index < -0.39 is 50.9 Å². The Morgan fingerprint density at radius 1 is 1.21 bits per heavy atom. The van der Waals surface area contributed by atoms with Gasteiger partial charge < -0.3 is 14.1 Å². The zero-order valence-electron chi connectivity index (χ0n) is 14.3. The number of carbonyl (C=O) groups excluding carboxylic acids is 2. The number of sulfone groups is 1. The number of carbonyl (C=O) groups is 2. The summed E-state index contributed by atoms with van der Waals surface area (Å²) < 4.78 is 33.1. The number of benzene rings is 1. The largest absolute Gasteiger partial charge is 0.450 e. The number of ether oxygens (including phenoxy) is 1. The Morgan fingerprint density at radius 3 is 2.50 bits per heavy atom. The van der Waals surface area contributed by atoms with E-state index in [1.165, 1.54) is 11.0 Å². The molecule has 3 rings (SSSR count). The van der Waals surface area contributed by atoms with Gasteiger partial charge in [-0.2, -0.15) is 0 Å². The molecule has 11 heteroatoms. The Balaban J connectivity index is 1.73. The molecule has 146 valence electrons. The third-order valence-corrected chi connectivity index (χ3v) is 5.22. The van der Waals surface area contributed by atoms with Crippen molar-refractivity contribution in [3.05, 3.63) is 69.8 Å². The van der Waals surface area contributed by atoms with Crippen LogP contribution in [0, 0.1) is 10.1 Å². The van der Waals surface area contributed by atoms with Crippen LogP contribution in [-0.4, -0.2) is 43.6 Å². The van der Waals surface area contributed by atoms with Crippen LogP contribution in [0.2, 0.25) is 0 Å². The molecule has 2 aromatic rings. The number of amides is 1. The van der Waals surface area contributed by atoms with Gasteiger partial charge in [-0.05, 0) is 24.3 Å². The number of para-hydroxylation sites is 1. The molecule has 1 aliphatic heterocycles. The van der Waals surface area contributed by atoms with Crippen molar-refractivity contribution in [3.8, 4) is 0 Å². The standard InChI is InChI=1S/C17H14N2O8S/c20-15(10-26-17(21)14-6-7-16(27-14)19(22)23)18(12-4-2-1-3-5-12)13-8-9-28(24,25)11-13/h1-9,13H,10-11H2/t13-/m0/s1. The highest BCUT2D eigenvalue weighted by molar-refractivity contribution is 7.94. The van der Waals surface area contributed by atoms with Gasteiger partial charge >= 0.3 is 11.9 Å². The topological polar surface area (TPSA) is 137 Å². The molecule has 0 unspecified atom stereocenters. The van der Waals surface area contributed by atoms with Crippen LogP contribution in [-0.2, 0) is 19.4 Å². The SMILES string of the molecule is O=C(OCC(=O)N(c1ccccc1)[C@H]1C=CS(=O)(=O)C1)c1ccc([N+](=O)[O-])o1. The number of hydrogen-bond donors (Lipinski definition) is 0. The molecular formula is C17H14N2O8S. The second kappa shape index (κ2) is 7.64. The summed E-state index contributed by atoms with van der Waals surface area (Å²) in [7, 11) is -3.42. The van der Waals surface area contributed by atoms with Crippen LogP contribution in [0.15, 0.2) is 58.4 Å². The molecule has 0 N–H and O–H groups in total. The zero-order chi connectivity index (χ0) is 20.3. The maximum atomic E-state index is 12.7. The van der Waals surface area contributed by atoms with Crippen molar-refractivity contribution < 1.29 is 32.1 Å². The molecule has 2 heterocycles. The van der Waals surface area contributed by atoms with E-state index in [4.69, 9.17) is 9.15 Å². The highest BCUT2D eigenvalue weighted by Gasteiger charge is 2.32. The van der Waals surface area contributed by atoms with E-state index in [1.807, 2.05) is 0 Å². The van der Waals surface area contributed by atoms with Gasteiger partial charge in [0.1, 0.15) is 4.92 Å². The van der Waals surface area contributed by atoms with Gasteiger partial charge in [-0.25, -0.2) is 13.2 Å². The van der Waals surface area contributed by atoms with Crippen LogP contribution in [0.1, 0.15) is 10.6 Å². The van der Waals surface area contributed by atoms with Crippen molar-refractivity contribution in [3.63, 3.8) is 0 Å². The summed E-state index contributed by atoms with van der Waals surface area (Å²) in [4.78, 5) is 35.6. The molecule has 10 nitrogen and oxygen atoms in total. The van der Waals surface area contributed by atoms with E-state index in [9.17, 15) is 28.1 Å². The van der Waals surface area contributed by atoms with Gasteiger partial charge in [0.05, 0.1) is 17.9 Å². The van der Waals surface area contributed by atoms with E-state index in [0.717, 1.165) is 17.5 Å². The third kappa shape index (κ3) is 4.26. The van der Waals surface area contributed by atoms with Crippen LogP contribution in [0.25, 0.3) is 0 Å². The number of furan rings is 1. The summed E-state index contributed by atoms with van der Waals surface area (Å²) in [6, 6.07) is 9.63. The predicted octanol–water partition coefficient (Wildman–Crippen LogP) is 1.69. The molecule has 0 aliphatic carbocycles. The molecule has 0 saturated carbocycles. The Bertz CT molecular complexity index is 1040. The van der Waals surface area contributed by atoms with E-state index in [0.29, 0.717) is 5.69 Å². The Morgan fingerprint density at radius 2 is 1.93 bits per heavy atom. The molecule has 1 aromatic heterocycles. The summed E-state index contributed by atoms with van der Waals surface area (Å²) in [5, 5.41) is 11.6. The van der Waals surface area contributed by atoms with Gasteiger partial charge in [0.15, 0.2) is 16.4 Å². The lowest BCUT2D eigenvalue weighted by Gasteiger charge is -2.27. The summed E-state index contributed by atoms with van der Waals surface area (Å²) in [6.07, 6.45) is 1.39. The molecule has 1 amide bonds. The average molecular weight is 406 g/mol. The number of nitro groups is 1. The van der Waals surface area contributed by atoms with Crippen molar-refractivity contribution in [1.29, 1.82) is 0 Å². The first-order chi connectivity index (χ1) is 13.3. The number of anilines is 1. The fourth-order valence-corrected chi connectivity index (χ4v) is 3.90. The normalized spacial score (nSPS) is 17.2. The molecule has 1 aliphatic rings. The van der Waals surface area contributed by atoms with E-state index in [2.05, 4.69) is 0 Å². The molecule has 0 fully saturated rings. The molecule has 1 atom stereocenters. The van der Waals surface area contributed by atoms with Gasteiger partial charge in [-0.15, -0.1) is 0 Å². The van der Waals surface area contributed by atoms with E-state index in [-0.39, 0.29) is 5.75 Å². The molecule has 0 radical (unpaired) electrons. The smallest absolute Gasteiger partial charge is 0.433 e. The fraction of sp³-hybridized carbons (Fsp3) is 0.176. The summed E-state index contributed by atoms with van der Waals surface area (Å²) in [5.74, 6) is -3.05. The highest BCUT2D eigenvalue weighted by atomic mass is 32.2. The fourth-order valence-electron chi connectivity index (χ4n) is 2.63. The van der Waals surface area contributed by atoms with Crippen molar-refractivity contribution in [1.82, 2.24) is 0 Å². The Kier molecular flexibility index (Phi) is 5.27. The number of rotatable bonds is 6. The Labute approximate surface area is 159 Å². The van der Waals surface area contributed by atoms with Gasteiger partial charge in [0.25, 0.3) is 5.91 Å². The summed E-state index contributed by atoms with van der Waals surface area (Å²) in [5.41, 5.74) is 0.434. The predicted molar refractivity (Wildman–Crippen MR) is 96.3 cm³/mol. The second-order valence-corrected chi connectivity index (χ2v) is 7.73. The molecule has 1 aromatic carbocycles. The first kappa shape index (κ1) is 19.3. The van der Waals surface area contributed by atoms with E-state index in [1.54, 1.807) is 30.3 Å². The van der Waals surface area contributed by atoms with Crippen molar-refractivity contribution >= 4 is 33.3 Å². The molecular weight excluding hydrogens is 392 g/mol. The lowest BCUT2D eigenvalue weighted by atomic mass is 10.2. The van der Waals surface area contributed by atoms with Gasteiger partial charge in [0, 0.05) is 11.1 Å². The first-order valence-corrected chi connectivity index (χ1v) is 9.68. The number of esters is 1. The second-order valence-electron chi connectivity index (χ2n) is 5.80. The summed E-state index contributed by atoms with van der Waals surface area (Å²) in [6.45, 7) is -0.702. The van der Waals surface area contributed by atoms with Gasteiger partial charge in [-0.1, -0.05) is 18.2 Å². The molecule has 0 bridgehead atoms. The van der Waals surface area contributed by atoms with Crippen LogP contribution in [0.4, 0.5) is 11.6 Å². The van der Waals surface area contributed by atoms with Crippen molar-refractivity contribution in [2.75, 3.05) is 17.3 Å². The van der Waals surface area contributed by atoms with Crippen molar-refractivity contribution in [2.45, 2.75) is 6.04 Å². The first-order valence-electron chi connectivity index (χ1n) is 7.96. The quantitative estimate of drug-likeness (QED) is 0.401. The lowest BCUT2D eigenvalue weighted by Crippen LogP contribution is -2.43. The minimum Gasteiger partial charge on any atom is -0.450 e. The molecule has 0 saturated heterocycles.